The standard InChI is InChI=1S/C15H23N5O/c1-16-12-13-15(17-14-4-2-3-5-20(13)14)19-8-6-18(7-9-19)10-11-21/h2-5,16,21H,6-12H2,1H3. The van der Waals surface area contributed by atoms with Gasteiger partial charge in [0.05, 0.1) is 12.3 Å². The second-order valence-corrected chi connectivity index (χ2v) is 5.39. The number of fused-ring (bicyclic) bond motifs is 1. The third kappa shape index (κ3) is 2.88. The highest BCUT2D eigenvalue weighted by molar-refractivity contribution is 5.56. The number of rotatable bonds is 5. The first-order valence-corrected chi connectivity index (χ1v) is 7.52. The zero-order valence-electron chi connectivity index (χ0n) is 12.5. The molecule has 0 unspecified atom stereocenters. The van der Waals surface area contributed by atoms with Gasteiger partial charge >= 0.3 is 0 Å². The molecule has 3 heterocycles. The number of aliphatic hydroxyl groups is 1. The molecule has 3 rings (SSSR count). The minimum absolute atomic E-state index is 0.235. The number of aromatic nitrogens is 2. The van der Waals surface area contributed by atoms with Crippen LogP contribution in [0.4, 0.5) is 5.82 Å². The number of nitrogens with zero attached hydrogens (tertiary/aromatic N) is 4. The van der Waals surface area contributed by atoms with E-state index in [0.29, 0.717) is 0 Å². The van der Waals surface area contributed by atoms with Crippen molar-refractivity contribution in [3.8, 4) is 0 Å². The van der Waals surface area contributed by atoms with E-state index in [-0.39, 0.29) is 6.61 Å². The molecule has 6 nitrogen and oxygen atoms in total. The number of aliphatic hydroxyl groups excluding tert-OH is 1. The molecular formula is C15H23N5O. The van der Waals surface area contributed by atoms with E-state index in [4.69, 9.17) is 10.1 Å². The summed E-state index contributed by atoms with van der Waals surface area (Å²) in [5.41, 5.74) is 2.21. The first kappa shape index (κ1) is 14.3. The molecular weight excluding hydrogens is 266 g/mol. The van der Waals surface area contributed by atoms with Gasteiger partial charge in [-0.25, -0.2) is 4.98 Å². The molecule has 2 aromatic heterocycles. The summed E-state index contributed by atoms with van der Waals surface area (Å²) in [6.45, 7) is 5.68. The molecule has 0 saturated carbocycles. The van der Waals surface area contributed by atoms with Crippen molar-refractivity contribution in [3.63, 3.8) is 0 Å². The number of nitrogens with one attached hydrogen (secondary N) is 1. The topological polar surface area (TPSA) is 56.0 Å². The van der Waals surface area contributed by atoms with Crippen molar-refractivity contribution < 1.29 is 5.11 Å². The molecule has 1 aliphatic heterocycles. The third-order valence-electron chi connectivity index (χ3n) is 4.04. The van der Waals surface area contributed by atoms with E-state index < -0.39 is 0 Å². The minimum Gasteiger partial charge on any atom is -0.395 e. The molecule has 0 amide bonds. The van der Waals surface area contributed by atoms with Crippen molar-refractivity contribution in [2.24, 2.45) is 0 Å². The molecule has 0 atom stereocenters. The van der Waals surface area contributed by atoms with Gasteiger partial charge in [0.15, 0.2) is 5.82 Å². The lowest BCUT2D eigenvalue weighted by molar-refractivity contribution is 0.188. The summed E-state index contributed by atoms with van der Waals surface area (Å²) in [4.78, 5) is 9.46. The Balaban J connectivity index is 1.85. The van der Waals surface area contributed by atoms with Gasteiger partial charge < -0.3 is 19.7 Å². The maximum Gasteiger partial charge on any atom is 0.152 e. The van der Waals surface area contributed by atoms with Gasteiger partial charge in [-0.3, -0.25) is 4.90 Å². The maximum absolute atomic E-state index is 9.03. The van der Waals surface area contributed by atoms with Crippen molar-refractivity contribution >= 4 is 11.5 Å². The Morgan fingerprint density at radius 3 is 2.76 bits per heavy atom. The second kappa shape index (κ2) is 6.43. The van der Waals surface area contributed by atoms with Crippen LogP contribution < -0.4 is 10.2 Å². The van der Waals surface area contributed by atoms with Gasteiger partial charge in [0.2, 0.25) is 0 Å². The molecule has 1 fully saturated rings. The van der Waals surface area contributed by atoms with Gasteiger partial charge in [-0.1, -0.05) is 6.07 Å². The first-order valence-electron chi connectivity index (χ1n) is 7.52. The molecule has 0 spiro atoms. The average Bonchev–Trinajstić information content (AvgIpc) is 2.88. The monoisotopic (exact) mass is 289 g/mol. The van der Waals surface area contributed by atoms with Crippen LogP contribution in [0.2, 0.25) is 0 Å². The van der Waals surface area contributed by atoms with E-state index >= 15 is 0 Å². The predicted octanol–water partition coefficient (Wildman–Crippen LogP) is 0.168. The lowest BCUT2D eigenvalue weighted by Gasteiger charge is -2.35. The highest BCUT2D eigenvalue weighted by atomic mass is 16.3. The van der Waals surface area contributed by atoms with Gasteiger partial charge in [0, 0.05) is 45.5 Å². The van der Waals surface area contributed by atoms with Crippen LogP contribution in [0.1, 0.15) is 5.69 Å². The fourth-order valence-electron chi connectivity index (χ4n) is 2.94. The summed E-state index contributed by atoms with van der Waals surface area (Å²) < 4.78 is 2.16. The van der Waals surface area contributed by atoms with Crippen LogP contribution in [0.25, 0.3) is 5.65 Å². The number of anilines is 1. The summed E-state index contributed by atoms with van der Waals surface area (Å²) >= 11 is 0. The summed E-state index contributed by atoms with van der Waals surface area (Å²) in [6, 6.07) is 6.11. The quantitative estimate of drug-likeness (QED) is 0.822. The Bertz CT molecular complexity index is 589. The van der Waals surface area contributed by atoms with E-state index in [9.17, 15) is 0 Å². The van der Waals surface area contributed by atoms with Crippen molar-refractivity contribution in [1.82, 2.24) is 19.6 Å². The van der Waals surface area contributed by atoms with Crippen molar-refractivity contribution in [2.45, 2.75) is 6.54 Å². The predicted molar refractivity (Wildman–Crippen MR) is 83.7 cm³/mol. The van der Waals surface area contributed by atoms with Crippen molar-refractivity contribution in [3.05, 3.63) is 30.1 Å². The third-order valence-corrected chi connectivity index (χ3v) is 4.04. The van der Waals surface area contributed by atoms with Crippen LogP contribution in [0.5, 0.6) is 0 Å². The number of imidazole rings is 1. The van der Waals surface area contributed by atoms with E-state index in [1.165, 1.54) is 5.69 Å². The van der Waals surface area contributed by atoms with Gasteiger partial charge in [-0.2, -0.15) is 0 Å². The Labute approximate surface area is 125 Å². The van der Waals surface area contributed by atoms with E-state index in [0.717, 1.165) is 50.7 Å². The van der Waals surface area contributed by atoms with E-state index in [2.05, 4.69) is 25.7 Å². The van der Waals surface area contributed by atoms with Gasteiger partial charge in [0.1, 0.15) is 5.65 Å². The largest absolute Gasteiger partial charge is 0.395 e. The summed E-state index contributed by atoms with van der Waals surface area (Å²) in [5.74, 6) is 1.08. The van der Waals surface area contributed by atoms with E-state index in [1.807, 2.05) is 25.2 Å². The summed E-state index contributed by atoms with van der Waals surface area (Å²) in [7, 11) is 1.96. The normalized spacial score (nSPS) is 16.8. The number of pyridine rings is 1. The van der Waals surface area contributed by atoms with Crippen LogP contribution in [-0.4, -0.2) is 65.8 Å². The lowest BCUT2D eigenvalue weighted by atomic mass is 10.3. The van der Waals surface area contributed by atoms with Gasteiger partial charge in [0.25, 0.3) is 0 Å². The zero-order valence-corrected chi connectivity index (χ0v) is 12.5. The van der Waals surface area contributed by atoms with E-state index in [1.54, 1.807) is 0 Å². The Kier molecular flexibility index (Phi) is 4.38. The van der Waals surface area contributed by atoms with Crippen molar-refractivity contribution in [1.29, 1.82) is 0 Å². The molecule has 1 aliphatic rings. The van der Waals surface area contributed by atoms with Crippen LogP contribution in [0.15, 0.2) is 24.4 Å². The highest BCUT2D eigenvalue weighted by Crippen LogP contribution is 2.23. The Morgan fingerprint density at radius 2 is 2.05 bits per heavy atom. The van der Waals surface area contributed by atoms with Crippen LogP contribution >= 0.6 is 0 Å². The van der Waals surface area contributed by atoms with Gasteiger partial charge in [-0.05, 0) is 19.2 Å². The molecule has 2 aromatic rings. The van der Waals surface area contributed by atoms with Crippen LogP contribution in [-0.2, 0) is 6.54 Å². The maximum atomic E-state index is 9.03. The molecule has 0 radical (unpaired) electrons. The summed E-state index contributed by atoms with van der Waals surface area (Å²) in [5, 5.41) is 12.3. The first-order chi connectivity index (χ1) is 10.3. The molecule has 1 saturated heterocycles. The zero-order chi connectivity index (χ0) is 14.7. The molecule has 114 valence electrons. The summed E-state index contributed by atoms with van der Waals surface area (Å²) in [6.07, 6.45) is 2.07. The highest BCUT2D eigenvalue weighted by Gasteiger charge is 2.22. The molecule has 21 heavy (non-hydrogen) atoms. The molecule has 0 aromatic carbocycles. The number of piperazine rings is 1. The smallest absolute Gasteiger partial charge is 0.152 e. The molecule has 0 aliphatic carbocycles. The molecule has 6 heteroatoms. The molecule has 0 bridgehead atoms. The second-order valence-electron chi connectivity index (χ2n) is 5.39. The number of hydrogen-bond donors (Lipinski definition) is 2. The molecule has 2 N–H and O–H groups in total. The number of hydrogen-bond acceptors (Lipinski definition) is 5. The van der Waals surface area contributed by atoms with Gasteiger partial charge in [-0.15, -0.1) is 0 Å². The fourth-order valence-corrected chi connectivity index (χ4v) is 2.94. The lowest BCUT2D eigenvalue weighted by Crippen LogP contribution is -2.47. The number of β-amino-alcohol motifs (C(OH)–C–C–N with tert-alkyl or cyclic N) is 1. The minimum atomic E-state index is 0.235. The fraction of sp³-hybridized carbons (Fsp3) is 0.533. The van der Waals surface area contributed by atoms with Crippen LogP contribution in [0, 0.1) is 0 Å². The SMILES string of the molecule is CNCc1c(N2CCN(CCO)CC2)nc2ccccn12. The Morgan fingerprint density at radius 1 is 1.24 bits per heavy atom. The van der Waals surface area contributed by atoms with Crippen molar-refractivity contribution in [2.75, 3.05) is 51.3 Å². The Hall–Kier alpha value is -1.63. The van der Waals surface area contributed by atoms with Crippen LogP contribution in [0.3, 0.4) is 0 Å². The average molecular weight is 289 g/mol.